The number of carboxylic acids is 1. The highest BCUT2D eigenvalue weighted by atomic mass is 19.3. The van der Waals surface area contributed by atoms with Crippen LogP contribution in [0.1, 0.15) is 42.6 Å². The normalized spacial score (nSPS) is 15.3. The summed E-state index contributed by atoms with van der Waals surface area (Å²) in [6.45, 7) is 2.06. The van der Waals surface area contributed by atoms with Crippen LogP contribution in [0.25, 0.3) is 16.9 Å². The molecule has 4 aromatic rings. The second-order valence-corrected chi connectivity index (χ2v) is 9.09. The summed E-state index contributed by atoms with van der Waals surface area (Å²) in [6.07, 6.45) is 8.01. The van der Waals surface area contributed by atoms with Gasteiger partial charge < -0.3 is 14.7 Å². The van der Waals surface area contributed by atoms with Gasteiger partial charge in [-0.15, -0.1) is 0 Å². The minimum atomic E-state index is -2.92. The van der Waals surface area contributed by atoms with Crippen LogP contribution < -0.4 is 9.64 Å². The van der Waals surface area contributed by atoms with Gasteiger partial charge in [-0.3, -0.25) is 14.2 Å². The first-order valence-electron chi connectivity index (χ1n) is 12.0. The van der Waals surface area contributed by atoms with Gasteiger partial charge in [0.1, 0.15) is 5.75 Å². The lowest BCUT2D eigenvalue weighted by Gasteiger charge is -2.29. The van der Waals surface area contributed by atoms with Crippen molar-refractivity contribution in [3.8, 4) is 17.0 Å². The number of ether oxygens (including phenoxy) is 1. The van der Waals surface area contributed by atoms with Crippen LogP contribution in [0.3, 0.4) is 0 Å². The number of aromatic nitrogens is 5. The third kappa shape index (κ3) is 4.93. The lowest BCUT2D eigenvalue weighted by Crippen LogP contribution is -2.37. The van der Waals surface area contributed by atoms with Crippen molar-refractivity contribution in [3.63, 3.8) is 0 Å². The monoisotopic (exact) mass is 508 g/mol. The molecule has 11 heteroatoms. The molecular formula is C26H26F2N6O3. The smallest absolute Gasteiger partial charge is 0.387 e. The van der Waals surface area contributed by atoms with E-state index >= 15 is 0 Å². The van der Waals surface area contributed by atoms with Crippen molar-refractivity contribution in [2.45, 2.75) is 39.2 Å². The van der Waals surface area contributed by atoms with Crippen molar-refractivity contribution in [1.29, 1.82) is 0 Å². The number of nitrogens with zero attached hydrogens (tertiary/aromatic N) is 6. The molecule has 0 bridgehead atoms. The van der Waals surface area contributed by atoms with Crippen molar-refractivity contribution < 1.29 is 23.4 Å². The predicted octanol–water partition coefficient (Wildman–Crippen LogP) is 4.55. The molecule has 1 aliphatic rings. The Kier molecular flexibility index (Phi) is 6.68. The number of aryl methyl sites for hydroxylation is 1. The number of rotatable bonds is 7. The Bertz CT molecular complexity index is 1420. The molecule has 1 unspecified atom stereocenters. The number of hydrogen-bond donors (Lipinski definition) is 1. The molecule has 0 saturated carbocycles. The number of alkyl halides is 2. The fourth-order valence-corrected chi connectivity index (χ4v) is 4.89. The van der Waals surface area contributed by atoms with Crippen LogP contribution in [0.4, 0.5) is 14.7 Å². The molecule has 0 amide bonds. The summed E-state index contributed by atoms with van der Waals surface area (Å²) < 4.78 is 32.7. The fourth-order valence-electron chi connectivity index (χ4n) is 4.89. The SMILES string of the molecule is Cc1nc2cnc(-c3cnc(N4CCC(C(=O)O)CC4)nc3)cn2c1C(C)c1ccccc1OC(F)F. The summed E-state index contributed by atoms with van der Waals surface area (Å²) in [5.41, 5.74) is 4.20. The van der Waals surface area contributed by atoms with E-state index in [1.54, 1.807) is 36.8 Å². The van der Waals surface area contributed by atoms with Gasteiger partial charge in [0.05, 0.1) is 29.2 Å². The molecule has 0 aliphatic carbocycles. The maximum atomic E-state index is 13.0. The topological polar surface area (TPSA) is 106 Å². The Labute approximate surface area is 211 Å². The zero-order chi connectivity index (χ0) is 26.1. The fraction of sp³-hybridized carbons (Fsp3) is 0.346. The molecule has 0 radical (unpaired) electrons. The number of aliphatic carboxylic acids is 1. The van der Waals surface area contributed by atoms with Gasteiger partial charge in [0.15, 0.2) is 5.65 Å². The minimum Gasteiger partial charge on any atom is -0.481 e. The lowest BCUT2D eigenvalue weighted by molar-refractivity contribution is -0.142. The average Bonchev–Trinajstić information content (AvgIpc) is 3.23. The third-order valence-corrected chi connectivity index (χ3v) is 6.80. The quantitative estimate of drug-likeness (QED) is 0.388. The van der Waals surface area contributed by atoms with E-state index in [1.165, 1.54) is 6.07 Å². The Balaban J connectivity index is 1.43. The van der Waals surface area contributed by atoms with E-state index in [9.17, 15) is 18.7 Å². The molecular weight excluding hydrogens is 482 g/mol. The van der Waals surface area contributed by atoms with Gasteiger partial charge in [-0.1, -0.05) is 25.1 Å². The van der Waals surface area contributed by atoms with Crippen molar-refractivity contribution in [1.82, 2.24) is 24.3 Å². The van der Waals surface area contributed by atoms with E-state index in [-0.39, 0.29) is 17.6 Å². The van der Waals surface area contributed by atoms with E-state index in [0.29, 0.717) is 54.3 Å². The summed E-state index contributed by atoms with van der Waals surface area (Å²) in [6, 6.07) is 6.76. The first kappa shape index (κ1) is 24.5. The van der Waals surface area contributed by atoms with Gasteiger partial charge in [-0.05, 0) is 25.8 Å². The van der Waals surface area contributed by atoms with Gasteiger partial charge in [-0.2, -0.15) is 8.78 Å². The number of hydrogen-bond acceptors (Lipinski definition) is 7. The van der Waals surface area contributed by atoms with E-state index in [2.05, 4.69) is 19.9 Å². The number of para-hydroxylation sites is 1. The van der Waals surface area contributed by atoms with Crippen LogP contribution in [0.2, 0.25) is 0 Å². The summed E-state index contributed by atoms with van der Waals surface area (Å²) in [4.78, 5) is 31.3. The van der Waals surface area contributed by atoms with E-state index in [4.69, 9.17) is 4.74 Å². The van der Waals surface area contributed by atoms with Crippen molar-refractivity contribution in [2.75, 3.05) is 18.0 Å². The lowest BCUT2D eigenvalue weighted by atomic mass is 9.95. The molecule has 192 valence electrons. The maximum absolute atomic E-state index is 13.0. The van der Waals surface area contributed by atoms with Gasteiger partial charge in [0, 0.05) is 48.7 Å². The maximum Gasteiger partial charge on any atom is 0.387 e. The second-order valence-electron chi connectivity index (χ2n) is 9.09. The van der Waals surface area contributed by atoms with Crippen LogP contribution >= 0.6 is 0 Å². The Morgan fingerprint density at radius 2 is 1.81 bits per heavy atom. The Morgan fingerprint density at radius 3 is 2.49 bits per heavy atom. The summed E-state index contributed by atoms with van der Waals surface area (Å²) >= 11 is 0. The second kappa shape index (κ2) is 10.1. The highest BCUT2D eigenvalue weighted by molar-refractivity contribution is 5.70. The summed E-state index contributed by atoms with van der Waals surface area (Å²) in [5.74, 6) is -0.684. The predicted molar refractivity (Wildman–Crippen MR) is 132 cm³/mol. The minimum absolute atomic E-state index is 0.130. The van der Waals surface area contributed by atoms with Crippen LogP contribution in [0, 0.1) is 12.8 Å². The molecule has 1 saturated heterocycles. The Hall–Kier alpha value is -4.15. The van der Waals surface area contributed by atoms with E-state index < -0.39 is 12.6 Å². The highest BCUT2D eigenvalue weighted by Crippen LogP contribution is 2.34. The Morgan fingerprint density at radius 1 is 1.11 bits per heavy atom. The highest BCUT2D eigenvalue weighted by Gasteiger charge is 2.26. The van der Waals surface area contributed by atoms with Crippen molar-refractivity contribution >= 4 is 17.6 Å². The number of anilines is 1. The standard InChI is InChI=1S/C26H26F2N6O3/c1-15(19-5-3-4-6-21(19)37-25(27)28)23-16(2)32-22-13-29-20(14-34(22)23)18-11-30-26(31-12-18)33-9-7-17(8-10-33)24(35)36/h3-6,11-15,17,25H,7-10H2,1-2H3,(H,35,36). The molecule has 9 nitrogen and oxygen atoms in total. The zero-order valence-electron chi connectivity index (χ0n) is 20.4. The number of imidazole rings is 1. The van der Waals surface area contributed by atoms with Crippen LogP contribution in [-0.4, -0.2) is 55.1 Å². The van der Waals surface area contributed by atoms with E-state index in [1.807, 2.05) is 29.3 Å². The number of carboxylic acid groups (broad SMARTS) is 1. The third-order valence-electron chi connectivity index (χ3n) is 6.80. The molecule has 1 aliphatic heterocycles. The molecule has 3 aromatic heterocycles. The average molecular weight is 509 g/mol. The van der Waals surface area contributed by atoms with Crippen molar-refractivity contribution in [2.24, 2.45) is 5.92 Å². The first-order chi connectivity index (χ1) is 17.8. The van der Waals surface area contributed by atoms with E-state index in [0.717, 1.165) is 11.4 Å². The molecule has 0 spiro atoms. The number of benzene rings is 1. The number of piperidine rings is 1. The molecule has 1 N–H and O–H groups in total. The summed E-state index contributed by atoms with van der Waals surface area (Å²) in [7, 11) is 0. The summed E-state index contributed by atoms with van der Waals surface area (Å²) in [5, 5.41) is 9.20. The molecule has 1 atom stereocenters. The molecule has 5 rings (SSSR count). The number of halogens is 2. The number of fused-ring (bicyclic) bond motifs is 1. The molecule has 1 aromatic carbocycles. The van der Waals surface area contributed by atoms with Crippen molar-refractivity contribution in [3.05, 3.63) is 66.0 Å². The van der Waals surface area contributed by atoms with Crippen LogP contribution in [0.5, 0.6) is 5.75 Å². The van der Waals surface area contributed by atoms with Gasteiger partial charge in [0.2, 0.25) is 5.95 Å². The molecule has 1 fully saturated rings. The van der Waals surface area contributed by atoms with Crippen LogP contribution in [-0.2, 0) is 4.79 Å². The number of carbonyl (C=O) groups is 1. The molecule has 4 heterocycles. The zero-order valence-corrected chi connectivity index (χ0v) is 20.4. The molecule has 37 heavy (non-hydrogen) atoms. The van der Waals surface area contributed by atoms with Gasteiger partial charge in [-0.25, -0.2) is 15.0 Å². The van der Waals surface area contributed by atoms with Gasteiger partial charge >= 0.3 is 12.6 Å². The van der Waals surface area contributed by atoms with Gasteiger partial charge in [0.25, 0.3) is 0 Å². The first-order valence-corrected chi connectivity index (χ1v) is 12.0. The largest absolute Gasteiger partial charge is 0.481 e. The van der Waals surface area contributed by atoms with Crippen LogP contribution in [0.15, 0.2) is 49.1 Å².